The fourth-order valence-corrected chi connectivity index (χ4v) is 5.41. The van der Waals surface area contributed by atoms with E-state index in [1.165, 1.54) is 11.0 Å². The third-order valence-corrected chi connectivity index (χ3v) is 6.63. The van der Waals surface area contributed by atoms with Gasteiger partial charge in [-0.25, -0.2) is 4.39 Å². The number of benzene rings is 3. The van der Waals surface area contributed by atoms with E-state index < -0.39 is 28.9 Å². The van der Waals surface area contributed by atoms with E-state index in [0.717, 1.165) is 17.7 Å². The standard InChI is InChI=1S/C28H25F4NO4/c1-4-35-18-10-11-20-23(14-18)36-26(2,3)16-27(20)19-7-5-6-8-22(19)33(25(27)34)15-17-9-12-21(29)24(13-17)37-28(30,31)32/h5-14H,4,15-16H2,1-3H3. The maximum Gasteiger partial charge on any atom is 0.573 e. The number of rotatable bonds is 5. The Kier molecular flexibility index (Phi) is 5.84. The molecule has 1 amide bonds. The number of amides is 1. The van der Waals surface area contributed by atoms with E-state index in [-0.39, 0.29) is 12.5 Å². The van der Waals surface area contributed by atoms with Gasteiger partial charge in [-0.1, -0.05) is 30.3 Å². The van der Waals surface area contributed by atoms with Crippen LogP contribution in [0.5, 0.6) is 17.2 Å². The van der Waals surface area contributed by atoms with Crippen molar-refractivity contribution in [3.05, 3.63) is 83.2 Å². The van der Waals surface area contributed by atoms with Gasteiger partial charge in [0.15, 0.2) is 11.6 Å². The molecule has 194 valence electrons. The maximum absolute atomic E-state index is 14.3. The number of para-hydroxylation sites is 1. The second-order valence-electron chi connectivity index (χ2n) is 9.76. The minimum atomic E-state index is -5.04. The van der Waals surface area contributed by atoms with Crippen LogP contribution < -0.4 is 19.1 Å². The highest BCUT2D eigenvalue weighted by molar-refractivity contribution is 6.11. The summed E-state index contributed by atoms with van der Waals surface area (Å²) in [4.78, 5) is 15.9. The smallest absolute Gasteiger partial charge is 0.494 e. The average Bonchev–Trinajstić information content (AvgIpc) is 3.03. The summed E-state index contributed by atoms with van der Waals surface area (Å²) in [5.74, 6) is -1.17. The average molecular weight is 516 g/mol. The first kappa shape index (κ1) is 24.9. The number of hydrogen-bond acceptors (Lipinski definition) is 4. The molecule has 0 radical (unpaired) electrons. The zero-order valence-electron chi connectivity index (χ0n) is 20.5. The van der Waals surface area contributed by atoms with Crippen LogP contribution in [0.2, 0.25) is 0 Å². The predicted molar refractivity (Wildman–Crippen MR) is 128 cm³/mol. The Bertz CT molecular complexity index is 1370. The molecule has 1 atom stereocenters. The topological polar surface area (TPSA) is 48.0 Å². The second kappa shape index (κ2) is 8.68. The van der Waals surface area contributed by atoms with Crippen LogP contribution >= 0.6 is 0 Å². The first-order chi connectivity index (χ1) is 17.4. The maximum atomic E-state index is 14.3. The lowest BCUT2D eigenvalue weighted by Gasteiger charge is -2.43. The molecule has 0 N–H and O–H groups in total. The van der Waals surface area contributed by atoms with Crippen molar-refractivity contribution >= 4 is 11.6 Å². The summed E-state index contributed by atoms with van der Waals surface area (Å²) < 4.78 is 68.1. The highest BCUT2D eigenvalue weighted by atomic mass is 19.4. The Hall–Kier alpha value is -3.75. The molecule has 1 unspecified atom stereocenters. The minimum absolute atomic E-state index is 0.0697. The van der Waals surface area contributed by atoms with Gasteiger partial charge in [0.25, 0.3) is 0 Å². The van der Waals surface area contributed by atoms with Gasteiger partial charge in [0.2, 0.25) is 5.91 Å². The monoisotopic (exact) mass is 515 g/mol. The van der Waals surface area contributed by atoms with Crippen molar-refractivity contribution in [3.63, 3.8) is 0 Å². The molecule has 2 aliphatic rings. The number of anilines is 1. The predicted octanol–water partition coefficient (Wildman–Crippen LogP) is 6.52. The summed E-state index contributed by atoms with van der Waals surface area (Å²) in [5, 5.41) is 0. The van der Waals surface area contributed by atoms with E-state index in [4.69, 9.17) is 9.47 Å². The van der Waals surface area contributed by atoms with Crippen molar-refractivity contribution in [2.45, 2.75) is 51.1 Å². The molecule has 0 saturated carbocycles. The SMILES string of the molecule is CCOc1ccc2c(c1)OC(C)(C)CC21C(=O)N(Cc2ccc(F)c(OC(F)(F)F)c2)c2ccccc21. The van der Waals surface area contributed by atoms with Crippen molar-refractivity contribution in [2.75, 3.05) is 11.5 Å². The molecule has 37 heavy (non-hydrogen) atoms. The minimum Gasteiger partial charge on any atom is -0.494 e. The molecule has 0 saturated heterocycles. The fraction of sp³-hybridized carbons (Fsp3) is 0.321. The lowest BCUT2D eigenvalue weighted by molar-refractivity contribution is -0.275. The van der Waals surface area contributed by atoms with Crippen LogP contribution in [-0.4, -0.2) is 24.5 Å². The molecule has 9 heteroatoms. The number of alkyl halides is 3. The second-order valence-corrected chi connectivity index (χ2v) is 9.76. The van der Waals surface area contributed by atoms with E-state index in [1.807, 2.05) is 39.0 Å². The van der Waals surface area contributed by atoms with E-state index in [9.17, 15) is 22.4 Å². The van der Waals surface area contributed by atoms with Gasteiger partial charge in [-0.05, 0) is 56.2 Å². The zero-order valence-corrected chi connectivity index (χ0v) is 20.5. The highest BCUT2D eigenvalue weighted by Gasteiger charge is 2.58. The van der Waals surface area contributed by atoms with E-state index in [0.29, 0.717) is 41.3 Å². The van der Waals surface area contributed by atoms with Gasteiger partial charge in [0.1, 0.15) is 22.5 Å². The molecule has 2 aliphatic heterocycles. The highest BCUT2D eigenvalue weighted by Crippen LogP contribution is 2.56. The van der Waals surface area contributed by atoms with Crippen LogP contribution in [0.15, 0.2) is 60.7 Å². The van der Waals surface area contributed by atoms with Crippen LogP contribution in [0.4, 0.5) is 23.2 Å². The van der Waals surface area contributed by atoms with Crippen LogP contribution in [0.1, 0.15) is 43.9 Å². The number of fused-ring (bicyclic) bond motifs is 4. The van der Waals surface area contributed by atoms with Gasteiger partial charge < -0.3 is 19.1 Å². The van der Waals surface area contributed by atoms with E-state index in [2.05, 4.69) is 4.74 Å². The molecule has 3 aromatic carbocycles. The Morgan fingerprint density at radius 1 is 1.03 bits per heavy atom. The molecule has 5 nitrogen and oxygen atoms in total. The first-order valence-corrected chi connectivity index (χ1v) is 11.9. The van der Waals surface area contributed by atoms with E-state index >= 15 is 0 Å². The summed E-state index contributed by atoms with van der Waals surface area (Å²) in [5.41, 5.74) is 0.599. The summed E-state index contributed by atoms with van der Waals surface area (Å²) >= 11 is 0. The van der Waals surface area contributed by atoms with Gasteiger partial charge in [-0.15, -0.1) is 13.2 Å². The lowest BCUT2D eigenvalue weighted by Crippen LogP contribution is -2.50. The number of halogens is 4. The van der Waals surface area contributed by atoms with Crippen LogP contribution in [0, 0.1) is 5.82 Å². The number of ether oxygens (including phenoxy) is 3. The molecule has 0 bridgehead atoms. The quantitative estimate of drug-likeness (QED) is 0.363. The molecular weight excluding hydrogens is 490 g/mol. The summed E-state index contributed by atoms with van der Waals surface area (Å²) in [7, 11) is 0. The van der Waals surface area contributed by atoms with Gasteiger partial charge >= 0.3 is 6.36 Å². The molecule has 0 aromatic heterocycles. The van der Waals surface area contributed by atoms with Gasteiger partial charge in [-0.3, -0.25) is 4.79 Å². The van der Waals surface area contributed by atoms with Crippen molar-refractivity contribution in [3.8, 4) is 17.2 Å². The van der Waals surface area contributed by atoms with Gasteiger partial charge in [0, 0.05) is 23.7 Å². The lowest BCUT2D eigenvalue weighted by atomic mass is 9.67. The number of nitrogens with zero attached hydrogens (tertiary/aromatic N) is 1. The van der Waals surface area contributed by atoms with Crippen LogP contribution in [-0.2, 0) is 16.8 Å². The largest absolute Gasteiger partial charge is 0.573 e. The Labute approximate surface area is 211 Å². The van der Waals surface area contributed by atoms with Crippen molar-refractivity contribution in [1.82, 2.24) is 0 Å². The third kappa shape index (κ3) is 4.36. The van der Waals surface area contributed by atoms with Gasteiger partial charge in [0.05, 0.1) is 13.2 Å². The molecule has 5 rings (SSSR count). The first-order valence-electron chi connectivity index (χ1n) is 11.9. The van der Waals surface area contributed by atoms with Crippen molar-refractivity contribution < 1.29 is 36.6 Å². The third-order valence-electron chi connectivity index (χ3n) is 6.63. The summed E-state index contributed by atoms with van der Waals surface area (Å²) in [6, 6.07) is 16.0. The fourth-order valence-electron chi connectivity index (χ4n) is 5.41. The molecule has 1 spiro atoms. The summed E-state index contributed by atoms with van der Waals surface area (Å²) in [6.45, 7) is 6.09. The molecule has 0 aliphatic carbocycles. The summed E-state index contributed by atoms with van der Waals surface area (Å²) in [6.07, 6.45) is -4.70. The Morgan fingerprint density at radius 2 is 1.78 bits per heavy atom. The van der Waals surface area contributed by atoms with Crippen LogP contribution in [0.25, 0.3) is 0 Å². The Balaban J connectivity index is 1.60. The molecule has 0 fully saturated rings. The molecular formula is C28H25F4NO4. The van der Waals surface area contributed by atoms with Crippen molar-refractivity contribution in [2.24, 2.45) is 0 Å². The van der Waals surface area contributed by atoms with E-state index in [1.54, 1.807) is 24.3 Å². The molecule has 3 aromatic rings. The molecule has 2 heterocycles. The van der Waals surface area contributed by atoms with Crippen molar-refractivity contribution in [1.29, 1.82) is 0 Å². The normalized spacial score (nSPS) is 19.9. The number of hydrogen-bond donors (Lipinski definition) is 0. The van der Waals surface area contributed by atoms with Crippen LogP contribution in [0.3, 0.4) is 0 Å². The number of carbonyl (C=O) groups is 1. The Morgan fingerprint density at radius 3 is 2.51 bits per heavy atom. The van der Waals surface area contributed by atoms with Gasteiger partial charge in [-0.2, -0.15) is 0 Å². The zero-order chi connectivity index (χ0) is 26.6. The number of carbonyl (C=O) groups excluding carboxylic acids is 1.